The number of carboxylic acids is 1. The summed E-state index contributed by atoms with van der Waals surface area (Å²) in [6.45, 7) is 4.05. The molecule has 376 valence electrons. The predicted octanol–water partition coefficient (Wildman–Crippen LogP) is 5.34. The number of fused-ring (bicyclic) bond motifs is 1. The van der Waals surface area contributed by atoms with Gasteiger partial charge in [-0.05, 0) is 100 Å². The van der Waals surface area contributed by atoms with Crippen LogP contribution in [-0.4, -0.2) is 142 Å². The highest BCUT2D eigenvalue weighted by Gasteiger charge is 2.48. The average Bonchev–Trinajstić information content (AvgIpc) is 3.60. The van der Waals surface area contributed by atoms with Crippen molar-refractivity contribution in [3.8, 4) is 11.8 Å². The first-order valence-electron chi connectivity index (χ1n) is 24.4. The van der Waals surface area contributed by atoms with Crippen LogP contribution in [0.4, 0.5) is 15.9 Å². The van der Waals surface area contributed by atoms with Gasteiger partial charge in [-0.1, -0.05) is 24.4 Å². The quantitative estimate of drug-likeness (QED) is 0.0930. The summed E-state index contributed by atoms with van der Waals surface area (Å²) in [5, 5.41) is 30.0. The van der Waals surface area contributed by atoms with Gasteiger partial charge >= 0.3 is 11.9 Å². The molecule has 21 heteroatoms. The molecule has 8 rings (SSSR count). The number of hydrogen-bond donors (Lipinski definition) is 2. The van der Waals surface area contributed by atoms with Crippen molar-refractivity contribution >= 4 is 64.6 Å². The van der Waals surface area contributed by atoms with Crippen molar-refractivity contribution in [2.24, 2.45) is 5.92 Å². The first-order chi connectivity index (χ1) is 34.3. The van der Waals surface area contributed by atoms with Crippen LogP contribution >= 0.6 is 11.6 Å². The zero-order valence-electron chi connectivity index (χ0n) is 39.4. The molecule has 0 spiro atoms. The van der Waals surface area contributed by atoms with Gasteiger partial charge in [0, 0.05) is 77.2 Å². The number of hydrogen-bond acceptors (Lipinski definition) is 15. The number of carbonyl (C=O) groups is 7. The van der Waals surface area contributed by atoms with E-state index in [-0.39, 0.29) is 66.2 Å². The molecule has 3 aromatic rings. The monoisotopic (exact) mass is 997 g/mol. The molecule has 0 bridgehead atoms. The third-order valence-electron chi connectivity index (χ3n) is 14.1. The molecular weight excluding hydrogens is 941 g/mol. The summed E-state index contributed by atoms with van der Waals surface area (Å²) in [6, 6.07) is 11.7. The van der Waals surface area contributed by atoms with E-state index >= 15 is 4.39 Å². The molecule has 1 aromatic heterocycles. The summed E-state index contributed by atoms with van der Waals surface area (Å²) in [6.07, 6.45) is 6.77. The zero-order chi connectivity index (χ0) is 50.2. The number of benzene rings is 2. The molecule has 1 atom stereocenters. The number of ether oxygens (including phenoxy) is 2. The lowest BCUT2D eigenvalue weighted by atomic mass is 9.93. The standard InChI is InChI=1S/C50H57ClFN9O10/c51-38-25-35(10-7-32(38)28-53)71-34-11-8-33(9-12-34)54-47(66)40-13-15-43(56-55-40)59-19-17-31(18-20-59)29-57-21-23-58(24-22-57)42-27-37-36(26-39(42)52)48(67)61(49(37)68)41-14-16-44(62)60(50(41)69)30-70-46(65)6-4-2-1-3-5-45(63)64/h7,10,13,15,25-27,31,33-34,41H,1-6,8-9,11-12,14,16-24,29-30H2,(H,54,66)(H,63,64). The lowest BCUT2D eigenvalue weighted by Gasteiger charge is -2.39. The van der Waals surface area contributed by atoms with Gasteiger partial charge in [-0.3, -0.25) is 43.4 Å². The first-order valence-corrected chi connectivity index (χ1v) is 24.8. The number of anilines is 2. The van der Waals surface area contributed by atoms with Gasteiger partial charge in [0.1, 0.15) is 23.7 Å². The van der Waals surface area contributed by atoms with Crippen LogP contribution in [0.1, 0.15) is 127 Å². The van der Waals surface area contributed by atoms with E-state index in [4.69, 9.17) is 31.4 Å². The SMILES string of the molecule is N#Cc1ccc(OC2CCC(NC(=O)c3ccc(N4CCC(CN5CCN(c6cc7c(cc6F)C(=O)N(C6CCC(=O)N(COC(=O)CCCCCCC(=O)O)C6=O)C7=O)CC5)CC4)nn3)CC2)cc1Cl. The third kappa shape index (κ3) is 12.2. The highest BCUT2D eigenvalue weighted by Crippen LogP contribution is 2.35. The van der Waals surface area contributed by atoms with Crippen molar-refractivity contribution < 1.29 is 52.5 Å². The molecule has 71 heavy (non-hydrogen) atoms. The molecule has 2 aromatic carbocycles. The highest BCUT2D eigenvalue weighted by atomic mass is 35.5. The van der Waals surface area contributed by atoms with Gasteiger partial charge in [-0.2, -0.15) is 5.26 Å². The van der Waals surface area contributed by atoms with Gasteiger partial charge in [0.25, 0.3) is 23.6 Å². The summed E-state index contributed by atoms with van der Waals surface area (Å²) >= 11 is 6.15. The maximum absolute atomic E-state index is 15.8. The average molecular weight is 999 g/mol. The Morgan fingerprint density at radius 2 is 1.52 bits per heavy atom. The summed E-state index contributed by atoms with van der Waals surface area (Å²) < 4.78 is 27.0. The van der Waals surface area contributed by atoms with E-state index in [1.165, 1.54) is 6.07 Å². The van der Waals surface area contributed by atoms with E-state index < -0.39 is 54.2 Å². The van der Waals surface area contributed by atoms with Crippen molar-refractivity contribution in [1.29, 1.82) is 5.26 Å². The highest BCUT2D eigenvalue weighted by molar-refractivity contribution is 6.31. The number of rotatable bonds is 18. The zero-order valence-corrected chi connectivity index (χ0v) is 40.1. The molecule has 2 N–H and O–H groups in total. The van der Waals surface area contributed by atoms with Crippen molar-refractivity contribution in [2.75, 3.05) is 62.3 Å². The molecule has 1 aliphatic carbocycles. The van der Waals surface area contributed by atoms with E-state index in [1.807, 2.05) is 17.0 Å². The smallest absolute Gasteiger partial charge is 0.307 e. The number of piperazine rings is 1. The molecule has 0 radical (unpaired) electrons. The van der Waals surface area contributed by atoms with E-state index in [1.54, 1.807) is 24.3 Å². The molecule has 19 nitrogen and oxygen atoms in total. The van der Waals surface area contributed by atoms with Crippen LogP contribution in [0.2, 0.25) is 5.02 Å². The normalized spacial score (nSPS) is 21.0. The van der Waals surface area contributed by atoms with Gasteiger partial charge < -0.3 is 29.7 Å². The van der Waals surface area contributed by atoms with E-state index in [0.717, 1.165) is 74.0 Å². The summed E-state index contributed by atoms with van der Waals surface area (Å²) in [4.78, 5) is 97.6. The number of esters is 1. The number of aliphatic carboxylic acids is 1. The Balaban J connectivity index is 0.753. The minimum absolute atomic E-state index is 0.00793. The molecule has 5 amide bonds. The number of amides is 5. The van der Waals surface area contributed by atoms with Gasteiger partial charge in [-0.15, -0.1) is 10.2 Å². The number of nitriles is 1. The maximum atomic E-state index is 15.8. The second-order valence-electron chi connectivity index (χ2n) is 18.8. The van der Waals surface area contributed by atoms with E-state index in [0.29, 0.717) is 79.9 Å². The number of nitrogens with zero attached hydrogens (tertiary/aromatic N) is 8. The fourth-order valence-electron chi connectivity index (χ4n) is 10.0. The number of nitrogens with one attached hydrogen (secondary N) is 1. The Morgan fingerprint density at radius 3 is 2.18 bits per heavy atom. The number of carboxylic acid groups (broad SMARTS) is 1. The second kappa shape index (κ2) is 23.0. The number of halogens is 2. The molecule has 1 saturated carbocycles. The number of piperidine rings is 2. The number of imide groups is 2. The lowest BCUT2D eigenvalue weighted by molar-refractivity contribution is -0.163. The van der Waals surface area contributed by atoms with Crippen LogP contribution in [-0.2, 0) is 23.9 Å². The van der Waals surface area contributed by atoms with E-state index in [2.05, 4.69) is 25.3 Å². The third-order valence-corrected chi connectivity index (χ3v) is 14.4. The van der Waals surface area contributed by atoms with Gasteiger partial charge in [0.2, 0.25) is 5.91 Å². The van der Waals surface area contributed by atoms with E-state index in [9.17, 15) is 33.6 Å². The van der Waals surface area contributed by atoms with Gasteiger partial charge in [0.15, 0.2) is 18.2 Å². The molecule has 4 aliphatic heterocycles. The van der Waals surface area contributed by atoms with Crippen LogP contribution in [0.3, 0.4) is 0 Å². The second-order valence-corrected chi connectivity index (χ2v) is 19.2. The number of unbranched alkanes of at least 4 members (excludes halogenated alkanes) is 3. The fourth-order valence-corrected chi connectivity index (χ4v) is 10.2. The van der Waals surface area contributed by atoms with Crippen LogP contribution in [0.5, 0.6) is 5.75 Å². The molecule has 3 saturated heterocycles. The number of likely N-dealkylation sites (tertiary alicyclic amines) is 1. The molecular formula is C50H57ClFN9O10. The number of carbonyl (C=O) groups excluding carboxylic acids is 6. The predicted molar refractivity (Wildman–Crippen MR) is 254 cm³/mol. The summed E-state index contributed by atoms with van der Waals surface area (Å²) in [7, 11) is 0. The lowest BCUT2D eigenvalue weighted by Crippen LogP contribution is -2.56. The largest absolute Gasteiger partial charge is 0.490 e. The Morgan fingerprint density at radius 1 is 0.817 bits per heavy atom. The van der Waals surface area contributed by atoms with Gasteiger partial charge in [0.05, 0.1) is 33.5 Å². The molecule has 5 aliphatic rings. The number of aromatic nitrogens is 2. The van der Waals surface area contributed by atoms with Crippen LogP contribution in [0.15, 0.2) is 42.5 Å². The van der Waals surface area contributed by atoms with Gasteiger partial charge in [-0.25, -0.2) is 9.29 Å². The Hall–Kier alpha value is -6.72. The molecule has 1 unspecified atom stereocenters. The van der Waals surface area contributed by atoms with Crippen LogP contribution < -0.4 is 19.9 Å². The fraction of sp³-hybridized carbons (Fsp3) is 0.520. The van der Waals surface area contributed by atoms with Crippen molar-refractivity contribution in [2.45, 2.75) is 108 Å². The Bertz CT molecular complexity index is 2550. The van der Waals surface area contributed by atoms with Crippen molar-refractivity contribution in [3.63, 3.8) is 0 Å². The van der Waals surface area contributed by atoms with Crippen molar-refractivity contribution in [1.82, 2.24) is 30.2 Å². The summed E-state index contributed by atoms with van der Waals surface area (Å²) in [5.41, 5.74) is 0.653. The maximum Gasteiger partial charge on any atom is 0.307 e. The van der Waals surface area contributed by atoms with Crippen LogP contribution in [0, 0.1) is 23.1 Å². The Kier molecular flexibility index (Phi) is 16.4. The topological polar surface area (TPSA) is 236 Å². The summed E-state index contributed by atoms with van der Waals surface area (Å²) in [5.74, 6) is -3.79. The molecule has 4 fully saturated rings. The Labute approximate surface area is 415 Å². The minimum atomic E-state index is -1.34. The van der Waals surface area contributed by atoms with Crippen LogP contribution in [0.25, 0.3) is 0 Å². The minimum Gasteiger partial charge on any atom is -0.490 e. The first kappa shape index (κ1) is 50.7. The van der Waals surface area contributed by atoms with Crippen molar-refractivity contribution in [3.05, 3.63) is 75.7 Å². The molecule has 5 heterocycles.